The summed E-state index contributed by atoms with van der Waals surface area (Å²) in [4.78, 5) is 4.16. The van der Waals surface area contributed by atoms with E-state index in [2.05, 4.69) is 31.1 Å². The molecular weight excluding hydrogens is 226 g/mol. The second kappa shape index (κ2) is 4.86. The maximum Gasteiger partial charge on any atom is 0.137 e. The van der Waals surface area contributed by atoms with Gasteiger partial charge in [0.25, 0.3) is 0 Å². The lowest BCUT2D eigenvalue weighted by Crippen LogP contribution is -2.14. The van der Waals surface area contributed by atoms with Crippen LogP contribution in [0.2, 0.25) is 0 Å². The molecule has 0 spiro atoms. The van der Waals surface area contributed by atoms with Crippen LogP contribution < -0.4 is 5.32 Å². The molecule has 1 atom stereocenters. The lowest BCUT2D eigenvalue weighted by atomic mass is 10.1. The van der Waals surface area contributed by atoms with Crippen LogP contribution in [-0.2, 0) is 6.54 Å². The van der Waals surface area contributed by atoms with Gasteiger partial charge in [0.2, 0.25) is 0 Å². The molecule has 0 saturated carbocycles. The van der Waals surface area contributed by atoms with Crippen LogP contribution in [0.15, 0.2) is 24.5 Å². The molecule has 5 heteroatoms. The molecule has 1 N–H and O–H groups in total. The normalized spacial score (nSPS) is 19.3. The molecule has 0 radical (unpaired) electrons. The summed E-state index contributed by atoms with van der Waals surface area (Å²) in [6, 6.07) is 4.05. The number of hydrogen-bond donors (Lipinski definition) is 1. The first-order valence-corrected chi connectivity index (χ1v) is 6.34. The van der Waals surface area contributed by atoms with Gasteiger partial charge in [-0.3, -0.25) is 4.98 Å². The molecule has 1 saturated heterocycles. The van der Waals surface area contributed by atoms with E-state index in [-0.39, 0.29) is 0 Å². The van der Waals surface area contributed by atoms with E-state index in [1.807, 2.05) is 19.2 Å². The van der Waals surface area contributed by atoms with Crippen molar-refractivity contribution in [2.24, 2.45) is 0 Å². The van der Waals surface area contributed by atoms with E-state index in [1.165, 1.54) is 5.56 Å². The van der Waals surface area contributed by atoms with Crippen molar-refractivity contribution in [3.63, 3.8) is 0 Å². The van der Waals surface area contributed by atoms with Gasteiger partial charge < -0.3 is 9.88 Å². The highest BCUT2D eigenvalue weighted by atomic mass is 15.3. The first-order chi connectivity index (χ1) is 8.84. The van der Waals surface area contributed by atoms with Crippen molar-refractivity contribution in [3.8, 4) is 0 Å². The molecule has 2 aromatic rings. The lowest BCUT2D eigenvalue weighted by Gasteiger charge is -2.12. The topological polar surface area (TPSA) is 55.6 Å². The maximum absolute atomic E-state index is 4.35. The molecule has 18 heavy (non-hydrogen) atoms. The first kappa shape index (κ1) is 11.3. The van der Waals surface area contributed by atoms with Crippen molar-refractivity contribution in [2.45, 2.75) is 25.8 Å². The van der Waals surface area contributed by atoms with Crippen LogP contribution in [0.3, 0.4) is 0 Å². The predicted molar refractivity (Wildman–Crippen MR) is 68.3 cm³/mol. The summed E-state index contributed by atoms with van der Waals surface area (Å²) >= 11 is 0. The number of aryl methyl sites for hydroxylation is 1. The van der Waals surface area contributed by atoms with E-state index >= 15 is 0 Å². The Kier molecular flexibility index (Phi) is 3.06. The number of rotatable bonds is 3. The average molecular weight is 243 g/mol. The number of pyridine rings is 1. The highest BCUT2D eigenvalue weighted by Gasteiger charge is 2.23. The number of hydrogen-bond acceptors (Lipinski definition) is 4. The van der Waals surface area contributed by atoms with Gasteiger partial charge in [0, 0.05) is 24.9 Å². The van der Waals surface area contributed by atoms with Gasteiger partial charge in [0.1, 0.15) is 11.6 Å². The summed E-state index contributed by atoms with van der Waals surface area (Å²) in [5.41, 5.74) is 1.19. The highest BCUT2D eigenvalue weighted by molar-refractivity contribution is 5.13. The minimum Gasteiger partial charge on any atom is -0.316 e. The molecule has 0 aromatic carbocycles. The smallest absolute Gasteiger partial charge is 0.137 e. The van der Waals surface area contributed by atoms with Crippen LogP contribution in [-0.4, -0.2) is 32.8 Å². The second-order valence-corrected chi connectivity index (χ2v) is 4.74. The van der Waals surface area contributed by atoms with Crippen molar-refractivity contribution in [2.75, 3.05) is 13.1 Å². The molecule has 3 heterocycles. The predicted octanol–water partition coefficient (Wildman–Crippen LogP) is 1.11. The summed E-state index contributed by atoms with van der Waals surface area (Å²) in [6.07, 6.45) is 4.84. The van der Waals surface area contributed by atoms with Crippen molar-refractivity contribution in [3.05, 3.63) is 41.7 Å². The Morgan fingerprint density at radius 2 is 2.39 bits per heavy atom. The van der Waals surface area contributed by atoms with Gasteiger partial charge in [-0.1, -0.05) is 6.07 Å². The van der Waals surface area contributed by atoms with Crippen LogP contribution in [0.1, 0.15) is 29.6 Å². The molecule has 2 aromatic heterocycles. The molecule has 1 unspecified atom stereocenters. The van der Waals surface area contributed by atoms with Gasteiger partial charge >= 0.3 is 0 Å². The van der Waals surface area contributed by atoms with Crippen LogP contribution in [0.5, 0.6) is 0 Å². The van der Waals surface area contributed by atoms with E-state index in [1.54, 1.807) is 6.20 Å². The van der Waals surface area contributed by atoms with Crippen molar-refractivity contribution in [1.29, 1.82) is 0 Å². The third-order valence-corrected chi connectivity index (χ3v) is 3.45. The molecule has 0 amide bonds. The third-order valence-electron chi connectivity index (χ3n) is 3.45. The van der Waals surface area contributed by atoms with Gasteiger partial charge in [-0.2, -0.15) is 0 Å². The minimum atomic E-state index is 0.489. The maximum atomic E-state index is 4.35. The number of nitrogens with zero attached hydrogens (tertiary/aromatic N) is 4. The van der Waals surface area contributed by atoms with Gasteiger partial charge in [0.05, 0.1) is 6.54 Å². The summed E-state index contributed by atoms with van der Waals surface area (Å²) in [5, 5.41) is 11.9. The Balaban J connectivity index is 1.88. The van der Waals surface area contributed by atoms with Crippen molar-refractivity contribution in [1.82, 2.24) is 25.1 Å². The molecule has 0 bridgehead atoms. The second-order valence-electron chi connectivity index (χ2n) is 4.74. The Bertz CT molecular complexity index is 513. The third kappa shape index (κ3) is 2.13. The fourth-order valence-corrected chi connectivity index (χ4v) is 2.44. The van der Waals surface area contributed by atoms with Gasteiger partial charge in [0.15, 0.2) is 0 Å². The Labute approximate surface area is 106 Å². The van der Waals surface area contributed by atoms with E-state index in [9.17, 15) is 0 Å². The average Bonchev–Trinajstić information content (AvgIpc) is 3.02. The summed E-state index contributed by atoms with van der Waals surface area (Å²) < 4.78 is 2.20. The minimum absolute atomic E-state index is 0.489. The Morgan fingerprint density at radius 1 is 1.44 bits per heavy atom. The molecule has 94 valence electrons. The molecule has 1 aliphatic rings. The van der Waals surface area contributed by atoms with E-state index in [0.29, 0.717) is 5.92 Å². The quantitative estimate of drug-likeness (QED) is 0.877. The first-order valence-electron chi connectivity index (χ1n) is 6.34. The number of nitrogens with one attached hydrogen (secondary N) is 1. The molecule has 1 aliphatic heterocycles. The summed E-state index contributed by atoms with van der Waals surface area (Å²) in [5.74, 6) is 2.56. The standard InChI is InChI=1S/C13H17N5/c1-10-16-17-13(12-4-6-15-8-12)18(10)9-11-3-2-5-14-7-11/h2-3,5,7,12,15H,4,6,8-9H2,1H3. The van der Waals surface area contributed by atoms with Crippen LogP contribution in [0.4, 0.5) is 0 Å². The SMILES string of the molecule is Cc1nnc(C2CCNC2)n1Cc1cccnc1. The number of aromatic nitrogens is 4. The van der Waals surface area contributed by atoms with E-state index in [0.717, 1.165) is 37.7 Å². The largest absolute Gasteiger partial charge is 0.316 e. The van der Waals surface area contributed by atoms with Crippen LogP contribution in [0, 0.1) is 6.92 Å². The zero-order valence-electron chi connectivity index (χ0n) is 10.5. The zero-order valence-corrected chi connectivity index (χ0v) is 10.5. The molecule has 5 nitrogen and oxygen atoms in total. The zero-order chi connectivity index (χ0) is 12.4. The molecular formula is C13H17N5. The van der Waals surface area contributed by atoms with Crippen molar-refractivity contribution >= 4 is 0 Å². The van der Waals surface area contributed by atoms with Gasteiger partial charge in [-0.25, -0.2) is 0 Å². The van der Waals surface area contributed by atoms with Crippen LogP contribution >= 0.6 is 0 Å². The van der Waals surface area contributed by atoms with Crippen molar-refractivity contribution < 1.29 is 0 Å². The summed E-state index contributed by atoms with van der Waals surface area (Å²) in [7, 11) is 0. The molecule has 0 aliphatic carbocycles. The molecule has 3 rings (SSSR count). The monoisotopic (exact) mass is 243 g/mol. The van der Waals surface area contributed by atoms with Gasteiger partial charge in [-0.05, 0) is 31.5 Å². The fourth-order valence-electron chi connectivity index (χ4n) is 2.44. The summed E-state index contributed by atoms with van der Waals surface area (Å²) in [6.45, 7) is 4.89. The van der Waals surface area contributed by atoms with Gasteiger partial charge in [-0.15, -0.1) is 10.2 Å². The Hall–Kier alpha value is -1.75. The Morgan fingerprint density at radius 3 is 3.11 bits per heavy atom. The van der Waals surface area contributed by atoms with Crippen LogP contribution in [0.25, 0.3) is 0 Å². The molecule has 1 fully saturated rings. The highest BCUT2D eigenvalue weighted by Crippen LogP contribution is 2.21. The van der Waals surface area contributed by atoms with E-state index < -0.39 is 0 Å². The lowest BCUT2D eigenvalue weighted by molar-refractivity contribution is 0.623. The van der Waals surface area contributed by atoms with E-state index in [4.69, 9.17) is 0 Å². The fraction of sp³-hybridized carbons (Fsp3) is 0.462.